The van der Waals surface area contributed by atoms with Gasteiger partial charge in [0.05, 0.1) is 20.1 Å². The summed E-state index contributed by atoms with van der Waals surface area (Å²) in [5.41, 5.74) is 5.84. The smallest absolute Gasteiger partial charge is 0.232 e. The maximum absolute atomic E-state index is 14.3. The first-order valence-corrected chi connectivity index (χ1v) is 13.4. The van der Waals surface area contributed by atoms with E-state index in [1.807, 2.05) is 60.7 Å². The molecule has 4 aromatic carbocycles. The van der Waals surface area contributed by atoms with Crippen LogP contribution in [0.4, 0.5) is 4.39 Å². The summed E-state index contributed by atoms with van der Waals surface area (Å²) < 4.78 is 20.8. The van der Waals surface area contributed by atoms with Crippen molar-refractivity contribution < 1.29 is 13.9 Å². The first-order valence-electron chi connectivity index (χ1n) is 12.6. The van der Waals surface area contributed by atoms with Gasteiger partial charge in [-0.25, -0.2) is 4.39 Å². The summed E-state index contributed by atoms with van der Waals surface area (Å²) in [6, 6.07) is 28.8. The molecule has 0 radical (unpaired) electrons. The van der Waals surface area contributed by atoms with E-state index in [-0.39, 0.29) is 18.1 Å². The minimum absolute atomic E-state index is 0.0161. The lowest BCUT2D eigenvalue weighted by molar-refractivity contribution is -0.126. The van der Waals surface area contributed by atoms with Crippen LogP contribution in [-0.2, 0) is 24.1 Å². The van der Waals surface area contributed by atoms with Crippen LogP contribution in [0.5, 0.6) is 5.75 Å². The average molecular weight is 571 g/mol. The molecule has 4 nitrogen and oxygen atoms in total. The molecule has 0 unspecified atom stereocenters. The summed E-state index contributed by atoms with van der Waals surface area (Å²) in [7, 11) is 1.65. The Kier molecular flexibility index (Phi) is 7.99. The van der Waals surface area contributed by atoms with E-state index in [9.17, 15) is 9.18 Å². The Morgan fingerprint density at radius 1 is 0.921 bits per heavy atom. The van der Waals surface area contributed by atoms with Gasteiger partial charge in [-0.3, -0.25) is 14.7 Å². The van der Waals surface area contributed by atoms with Crippen LogP contribution < -0.4 is 4.74 Å². The number of carbonyl (C=O) groups is 1. The second-order valence-electron chi connectivity index (χ2n) is 9.25. The zero-order chi connectivity index (χ0) is 26.5. The number of benzene rings is 4. The lowest BCUT2D eigenvalue weighted by Crippen LogP contribution is -2.36. The molecule has 0 fully saturated rings. The summed E-state index contributed by atoms with van der Waals surface area (Å²) in [6.07, 6.45) is 1.52. The normalized spacial score (nSPS) is 12.9. The van der Waals surface area contributed by atoms with Crippen molar-refractivity contribution in [2.75, 3.05) is 20.2 Å². The third-order valence-corrected chi connectivity index (χ3v) is 7.27. The first-order chi connectivity index (χ1) is 18.5. The van der Waals surface area contributed by atoms with Crippen LogP contribution in [0.2, 0.25) is 0 Å². The zero-order valence-electron chi connectivity index (χ0n) is 21.2. The van der Waals surface area contributed by atoms with Crippen molar-refractivity contribution in [3.8, 4) is 16.9 Å². The lowest BCUT2D eigenvalue weighted by atomic mass is 9.98. The minimum atomic E-state index is -0.306. The second kappa shape index (κ2) is 11.7. The molecule has 38 heavy (non-hydrogen) atoms. The fourth-order valence-electron chi connectivity index (χ4n) is 4.84. The van der Waals surface area contributed by atoms with Gasteiger partial charge in [0.1, 0.15) is 17.4 Å². The highest BCUT2D eigenvalue weighted by atomic mass is 79.9. The van der Waals surface area contributed by atoms with Crippen LogP contribution in [0, 0.1) is 5.82 Å². The summed E-state index contributed by atoms with van der Waals surface area (Å²) in [6.45, 7) is 1.05. The van der Waals surface area contributed by atoms with Crippen molar-refractivity contribution in [2.24, 2.45) is 4.99 Å². The maximum Gasteiger partial charge on any atom is 0.232 e. The molecule has 1 heterocycles. The molecule has 0 bridgehead atoms. The predicted octanol–water partition coefficient (Wildman–Crippen LogP) is 6.88. The van der Waals surface area contributed by atoms with Gasteiger partial charge in [0, 0.05) is 16.6 Å². The Bertz CT molecular complexity index is 1470. The van der Waals surface area contributed by atoms with Crippen molar-refractivity contribution in [3.05, 3.63) is 124 Å². The van der Waals surface area contributed by atoms with E-state index < -0.39 is 0 Å². The number of hydrogen-bond donors (Lipinski definition) is 0. The summed E-state index contributed by atoms with van der Waals surface area (Å²) in [4.78, 5) is 19.8. The molecule has 192 valence electrons. The van der Waals surface area contributed by atoms with E-state index in [0.29, 0.717) is 31.8 Å². The van der Waals surface area contributed by atoms with Gasteiger partial charge in [-0.15, -0.1) is 0 Å². The van der Waals surface area contributed by atoms with E-state index in [4.69, 9.17) is 4.74 Å². The van der Waals surface area contributed by atoms with Gasteiger partial charge in [-0.1, -0.05) is 70.5 Å². The number of amidine groups is 1. The number of ether oxygens (including phenoxy) is 1. The fraction of sp³-hybridized carbons (Fsp3) is 0.188. The van der Waals surface area contributed by atoms with E-state index >= 15 is 0 Å². The van der Waals surface area contributed by atoms with E-state index in [2.05, 4.69) is 33.1 Å². The van der Waals surface area contributed by atoms with Crippen LogP contribution in [-0.4, -0.2) is 36.8 Å². The maximum atomic E-state index is 14.3. The number of nitrogens with zero attached hydrogens (tertiary/aromatic N) is 2. The molecule has 0 aliphatic carbocycles. The summed E-state index contributed by atoms with van der Waals surface area (Å²) in [5.74, 6) is 1.09. The average Bonchev–Trinajstić information content (AvgIpc) is 3.43. The van der Waals surface area contributed by atoms with E-state index in [1.165, 1.54) is 6.07 Å². The quantitative estimate of drug-likeness (QED) is 0.232. The Hall–Kier alpha value is -3.77. The number of aryl methyl sites for hydroxylation is 2. The molecule has 0 N–H and O–H groups in total. The second-order valence-corrected chi connectivity index (χ2v) is 10.2. The fourth-order valence-corrected chi connectivity index (χ4v) is 5.24. The highest BCUT2D eigenvalue weighted by Crippen LogP contribution is 2.26. The van der Waals surface area contributed by atoms with Crippen molar-refractivity contribution in [1.82, 2.24) is 4.90 Å². The molecular formula is C32H28BrFN2O2. The Morgan fingerprint density at radius 3 is 2.42 bits per heavy atom. The number of aliphatic imine (C=N–C) groups is 1. The molecule has 4 aromatic rings. The van der Waals surface area contributed by atoms with Crippen LogP contribution in [0.25, 0.3) is 11.1 Å². The van der Waals surface area contributed by atoms with Crippen LogP contribution in [0.3, 0.4) is 0 Å². The van der Waals surface area contributed by atoms with Crippen LogP contribution in [0.1, 0.15) is 22.3 Å². The highest BCUT2D eigenvalue weighted by Gasteiger charge is 2.26. The van der Waals surface area contributed by atoms with Gasteiger partial charge < -0.3 is 4.74 Å². The van der Waals surface area contributed by atoms with Gasteiger partial charge in [0.15, 0.2) is 0 Å². The Morgan fingerprint density at radius 2 is 1.66 bits per heavy atom. The van der Waals surface area contributed by atoms with Crippen LogP contribution in [0.15, 0.2) is 100 Å². The molecule has 0 spiro atoms. The number of amides is 1. The molecule has 0 atom stereocenters. The predicted molar refractivity (Wildman–Crippen MR) is 153 cm³/mol. The van der Waals surface area contributed by atoms with E-state index in [1.54, 1.807) is 24.1 Å². The third kappa shape index (κ3) is 5.86. The van der Waals surface area contributed by atoms with Crippen molar-refractivity contribution >= 4 is 27.7 Å². The molecule has 0 aromatic heterocycles. The van der Waals surface area contributed by atoms with Gasteiger partial charge in [0.25, 0.3) is 0 Å². The molecule has 5 rings (SSSR count). The number of hydrogen-bond acceptors (Lipinski definition) is 3. The largest absolute Gasteiger partial charge is 0.496 e. The molecule has 1 amide bonds. The Balaban J connectivity index is 1.33. The number of carbonyl (C=O) groups excluding carboxylic acids is 1. The Labute approximate surface area is 230 Å². The minimum Gasteiger partial charge on any atom is -0.496 e. The molecule has 0 saturated heterocycles. The van der Waals surface area contributed by atoms with Gasteiger partial charge in [-0.2, -0.15) is 0 Å². The van der Waals surface area contributed by atoms with Crippen LogP contribution >= 0.6 is 15.9 Å². The van der Waals surface area contributed by atoms with Crippen molar-refractivity contribution in [2.45, 2.75) is 19.3 Å². The zero-order valence-corrected chi connectivity index (χ0v) is 22.7. The molecular weight excluding hydrogens is 543 g/mol. The highest BCUT2D eigenvalue weighted by molar-refractivity contribution is 9.10. The summed E-state index contributed by atoms with van der Waals surface area (Å²) >= 11 is 3.52. The first kappa shape index (κ1) is 25.9. The SMILES string of the molecule is COc1ccc(Br)cc1CCc1cc(F)ccc1C1=NCCN1C(=O)Cc1ccc(-c2ccccc2)cc1. The summed E-state index contributed by atoms with van der Waals surface area (Å²) in [5, 5.41) is 0. The number of rotatable bonds is 8. The third-order valence-electron chi connectivity index (χ3n) is 6.77. The number of halogens is 2. The van der Waals surface area contributed by atoms with Gasteiger partial charge in [0.2, 0.25) is 5.91 Å². The van der Waals surface area contributed by atoms with Gasteiger partial charge in [-0.05, 0) is 77.1 Å². The number of methoxy groups -OCH3 is 1. The lowest BCUT2D eigenvalue weighted by Gasteiger charge is -2.21. The van der Waals surface area contributed by atoms with E-state index in [0.717, 1.165) is 43.6 Å². The topological polar surface area (TPSA) is 41.9 Å². The van der Waals surface area contributed by atoms with Crippen molar-refractivity contribution in [3.63, 3.8) is 0 Å². The monoisotopic (exact) mass is 570 g/mol. The standard InChI is InChI=1S/C32H28BrFN2O2/c1-38-30-16-13-27(33)20-26(30)12-11-25-21-28(34)14-15-29(25)32-35-17-18-36(32)31(37)19-22-7-9-24(10-8-22)23-5-3-2-4-6-23/h2-10,13-16,20-21H,11-12,17-19H2,1H3. The van der Waals surface area contributed by atoms with Gasteiger partial charge >= 0.3 is 0 Å². The molecule has 0 saturated carbocycles. The van der Waals surface area contributed by atoms with Crippen molar-refractivity contribution in [1.29, 1.82) is 0 Å². The molecule has 6 heteroatoms. The molecule has 1 aliphatic rings. The molecule has 1 aliphatic heterocycles.